The molecular weight excluding hydrogens is 272 g/mol. The smallest absolute Gasteiger partial charge is 0.253 e. The van der Waals surface area contributed by atoms with Crippen LogP contribution in [0.3, 0.4) is 0 Å². The molecular formula is C15H24N2O2S. The van der Waals surface area contributed by atoms with Crippen LogP contribution in [0.2, 0.25) is 0 Å². The van der Waals surface area contributed by atoms with Crippen LogP contribution < -0.4 is 10.6 Å². The van der Waals surface area contributed by atoms with E-state index in [-0.39, 0.29) is 11.2 Å². The molecule has 0 aliphatic carbocycles. The Labute approximate surface area is 123 Å². The second-order valence-corrected chi connectivity index (χ2v) is 6.80. The molecule has 1 amide bonds. The molecule has 1 rings (SSSR count). The third kappa shape index (κ3) is 4.96. The zero-order valence-electron chi connectivity index (χ0n) is 12.7. The highest BCUT2D eigenvalue weighted by molar-refractivity contribution is 7.84. The summed E-state index contributed by atoms with van der Waals surface area (Å²) in [6.45, 7) is 7.16. The molecule has 0 radical (unpaired) electrons. The second kappa shape index (κ2) is 8.04. The lowest BCUT2D eigenvalue weighted by atomic mass is 10.1. The first-order valence-electron chi connectivity index (χ1n) is 6.90. The van der Waals surface area contributed by atoms with Gasteiger partial charge in [-0.15, -0.1) is 0 Å². The fraction of sp³-hybridized carbons (Fsp3) is 0.533. The molecule has 0 aromatic heterocycles. The maximum atomic E-state index is 12.3. The predicted molar refractivity (Wildman–Crippen MR) is 85.8 cm³/mol. The van der Waals surface area contributed by atoms with Gasteiger partial charge in [0.2, 0.25) is 0 Å². The lowest BCUT2D eigenvalue weighted by molar-refractivity contribution is 0.0955. The summed E-state index contributed by atoms with van der Waals surface area (Å²) in [5, 5.41) is 6.07. The Kier molecular flexibility index (Phi) is 6.71. The van der Waals surface area contributed by atoms with Crippen molar-refractivity contribution in [2.45, 2.75) is 32.4 Å². The minimum atomic E-state index is -0.928. The molecule has 1 aromatic rings. The third-order valence-electron chi connectivity index (χ3n) is 3.10. The highest BCUT2D eigenvalue weighted by Crippen LogP contribution is 2.17. The van der Waals surface area contributed by atoms with Crippen LogP contribution in [0.5, 0.6) is 0 Å². The monoisotopic (exact) mass is 296 g/mol. The molecule has 1 aromatic carbocycles. The Morgan fingerprint density at radius 2 is 2.10 bits per heavy atom. The van der Waals surface area contributed by atoms with E-state index in [0.29, 0.717) is 12.1 Å². The first-order valence-corrected chi connectivity index (χ1v) is 8.52. The molecule has 0 bridgehead atoms. The molecule has 0 aliphatic heterocycles. The summed E-state index contributed by atoms with van der Waals surface area (Å²) in [7, 11) is -0.928. The molecule has 0 spiro atoms. The van der Waals surface area contributed by atoms with Crippen molar-refractivity contribution >= 4 is 22.4 Å². The first kappa shape index (κ1) is 16.7. The van der Waals surface area contributed by atoms with Gasteiger partial charge in [0.1, 0.15) is 0 Å². The fourth-order valence-electron chi connectivity index (χ4n) is 1.71. The number of hydrogen-bond acceptors (Lipinski definition) is 3. The number of carbonyl (C=O) groups is 1. The molecule has 20 heavy (non-hydrogen) atoms. The van der Waals surface area contributed by atoms with Gasteiger partial charge in [0.15, 0.2) is 0 Å². The number of rotatable bonds is 7. The van der Waals surface area contributed by atoms with E-state index in [2.05, 4.69) is 17.6 Å². The van der Waals surface area contributed by atoms with Crippen LogP contribution in [-0.2, 0) is 10.8 Å². The van der Waals surface area contributed by atoms with Gasteiger partial charge in [0.25, 0.3) is 5.91 Å². The highest BCUT2D eigenvalue weighted by atomic mass is 32.2. The quantitative estimate of drug-likeness (QED) is 0.812. The van der Waals surface area contributed by atoms with Gasteiger partial charge in [-0.1, -0.05) is 18.6 Å². The largest absolute Gasteiger partial charge is 0.384 e. The molecule has 0 saturated carbocycles. The van der Waals surface area contributed by atoms with E-state index in [9.17, 15) is 9.00 Å². The van der Waals surface area contributed by atoms with Crippen molar-refractivity contribution in [1.29, 1.82) is 0 Å². The summed E-state index contributed by atoms with van der Waals surface area (Å²) in [5.74, 6) is -0.121. The van der Waals surface area contributed by atoms with Gasteiger partial charge in [0, 0.05) is 41.1 Å². The molecule has 112 valence electrons. The van der Waals surface area contributed by atoms with Crippen molar-refractivity contribution in [1.82, 2.24) is 5.32 Å². The summed E-state index contributed by atoms with van der Waals surface area (Å²) in [4.78, 5) is 12.3. The molecule has 0 saturated heterocycles. The van der Waals surface area contributed by atoms with Crippen LogP contribution in [0.1, 0.15) is 36.2 Å². The maximum Gasteiger partial charge on any atom is 0.253 e. The van der Waals surface area contributed by atoms with Crippen LogP contribution in [-0.4, -0.2) is 34.7 Å². The molecule has 2 atom stereocenters. The Bertz CT molecular complexity index is 489. The zero-order valence-corrected chi connectivity index (χ0v) is 13.5. The molecule has 0 fully saturated rings. The molecule has 2 N–H and O–H groups in total. The van der Waals surface area contributed by atoms with E-state index in [1.54, 1.807) is 6.26 Å². The summed E-state index contributed by atoms with van der Waals surface area (Å²) >= 11 is 0. The van der Waals surface area contributed by atoms with Crippen molar-refractivity contribution < 1.29 is 9.00 Å². The van der Waals surface area contributed by atoms with Crippen LogP contribution in [0.15, 0.2) is 18.2 Å². The summed E-state index contributed by atoms with van der Waals surface area (Å²) in [5.41, 5.74) is 2.54. The van der Waals surface area contributed by atoms with Crippen molar-refractivity contribution in [3.8, 4) is 0 Å². The van der Waals surface area contributed by atoms with Crippen molar-refractivity contribution in [3.05, 3.63) is 29.3 Å². The minimum absolute atomic E-state index is 0.0455. The van der Waals surface area contributed by atoms with Crippen LogP contribution >= 0.6 is 0 Å². The van der Waals surface area contributed by atoms with E-state index in [4.69, 9.17) is 0 Å². The fourth-order valence-corrected chi connectivity index (χ4v) is 2.03. The van der Waals surface area contributed by atoms with E-state index in [1.807, 2.05) is 32.0 Å². The van der Waals surface area contributed by atoms with Gasteiger partial charge in [-0.2, -0.15) is 0 Å². The number of amides is 1. The molecule has 4 nitrogen and oxygen atoms in total. The highest BCUT2D eigenvalue weighted by Gasteiger charge is 2.13. The number of benzene rings is 1. The van der Waals surface area contributed by atoms with E-state index in [1.165, 1.54) is 0 Å². The third-order valence-corrected chi connectivity index (χ3v) is 4.40. The first-order chi connectivity index (χ1) is 9.45. The van der Waals surface area contributed by atoms with Gasteiger partial charge < -0.3 is 10.6 Å². The lowest BCUT2D eigenvalue weighted by Crippen LogP contribution is -2.33. The Morgan fingerprint density at radius 3 is 2.70 bits per heavy atom. The van der Waals surface area contributed by atoms with Gasteiger partial charge in [-0.3, -0.25) is 9.00 Å². The van der Waals surface area contributed by atoms with Crippen molar-refractivity contribution in [2.24, 2.45) is 0 Å². The topological polar surface area (TPSA) is 58.2 Å². The van der Waals surface area contributed by atoms with E-state index < -0.39 is 10.8 Å². The molecule has 2 unspecified atom stereocenters. The Hall–Kier alpha value is -1.36. The summed E-state index contributed by atoms with van der Waals surface area (Å²) in [6.07, 6.45) is 2.65. The van der Waals surface area contributed by atoms with Gasteiger partial charge in [-0.25, -0.2) is 0 Å². The number of aryl methyl sites for hydroxylation is 1. The predicted octanol–water partition coefficient (Wildman–Crippen LogP) is 2.31. The zero-order chi connectivity index (χ0) is 15.1. The maximum absolute atomic E-state index is 12.3. The average Bonchev–Trinajstić information content (AvgIpc) is 2.42. The molecule has 0 heterocycles. The Balaban J connectivity index is 2.79. The number of carbonyl (C=O) groups excluding carboxylic acids is 1. The molecule has 5 heteroatoms. The van der Waals surface area contributed by atoms with E-state index >= 15 is 0 Å². The lowest BCUT2D eigenvalue weighted by Gasteiger charge is -2.14. The minimum Gasteiger partial charge on any atom is -0.384 e. The van der Waals surface area contributed by atoms with Gasteiger partial charge >= 0.3 is 0 Å². The van der Waals surface area contributed by atoms with Crippen molar-refractivity contribution in [3.63, 3.8) is 0 Å². The van der Waals surface area contributed by atoms with E-state index in [0.717, 1.165) is 24.2 Å². The van der Waals surface area contributed by atoms with Crippen molar-refractivity contribution in [2.75, 3.05) is 24.7 Å². The average molecular weight is 296 g/mol. The number of anilines is 1. The SMILES string of the molecule is CCCNc1ccc(C)cc1C(=O)NCC(C)S(C)=O. The summed E-state index contributed by atoms with van der Waals surface area (Å²) in [6, 6.07) is 5.79. The standard InChI is InChI=1S/C15H24N2O2S/c1-5-8-16-14-7-6-11(2)9-13(14)15(18)17-10-12(3)20(4)19/h6-7,9,12,16H,5,8,10H2,1-4H3,(H,17,18). The van der Waals surface area contributed by atoms with Gasteiger partial charge in [-0.05, 0) is 32.4 Å². The second-order valence-electron chi connectivity index (χ2n) is 5.00. The van der Waals surface area contributed by atoms with Crippen LogP contribution in [0, 0.1) is 6.92 Å². The van der Waals surface area contributed by atoms with Gasteiger partial charge in [0.05, 0.1) is 5.56 Å². The van der Waals surface area contributed by atoms with Crippen LogP contribution in [0.25, 0.3) is 0 Å². The number of hydrogen-bond donors (Lipinski definition) is 2. The molecule has 0 aliphatic rings. The normalized spacial score (nSPS) is 13.6. The van der Waals surface area contributed by atoms with Crippen LogP contribution in [0.4, 0.5) is 5.69 Å². The number of nitrogens with one attached hydrogen (secondary N) is 2. The summed E-state index contributed by atoms with van der Waals surface area (Å²) < 4.78 is 11.3. The Morgan fingerprint density at radius 1 is 1.40 bits per heavy atom.